The molecule has 1 heterocycles. The summed E-state index contributed by atoms with van der Waals surface area (Å²) >= 11 is 5.01. The standard InChI is InChI=1S/C12H16BrNOS/c1-3-4-9-14(2)12(15)8-6-10-5-7-11(13)16-10/h5-8H,3-4,9H2,1-2H3/b8-6+. The summed E-state index contributed by atoms with van der Waals surface area (Å²) in [6.07, 6.45) is 5.66. The summed E-state index contributed by atoms with van der Waals surface area (Å²) in [5, 5.41) is 0. The van der Waals surface area contributed by atoms with Crippen LogP contribution in [-0.4, -0.2) is 24.4 Å². The van der Waals surface area contributed by atoms with E-state index in [-0.39, 0.29) is 5.91 Å². The molecule has 0 atom stereocenters. The van der Waals surface area contributed by atoms with Crippen molar-refractivity contribution in [1.29, 1.82) is 0 Å². The van der Waals surface area contributed by atoms with Crippen LogP contribution >= 0.6 is 27.3 Å². The Bertz CT molecular complexity index is 373. The molecule has 0 saturated heterocycles. The van der Waals surface area contributed by atoms with Crippen molar-refractivity contribution in [2.75, 3.05) is 13.6 Å². The number of hydrogen-bond donors (Lipinski definition) is 0. The lowest BCUT2D eigenvalue weighted by atomic mass is 10.3. The molecule has 1 amide bonds. The maximum atomic E-state index is 11.7. The Morgan fingerprint density at radius 2 is 2.31 bits per heavy atom. The molecule has 0 aliphatic rings. The average Bonchev–Trinajstić information content (AvgIpc) is 2.68. The first-order valence-corrected chi connectivity index (χ1v) is 6.93. The molecule has 16 heavy (non-hydrogen) atoms. The van der Waals surface area contributed by atoms with Crippen LogP contribution in [0, 0.1) is 0 Å². The van der Waals surface area contributed by atoms with Gasteiger partial charge in [-0.25, -0.2) is 0 Å². The van der Waals surface area contributed by atoms with E-state index in [1.54, 1.807) is 22.3 Å². The van der Waals surface area contributed by atoms with E-state index >= 15 is 0 Å². The molecule has 4 heteroatoms. The van der Waals surface area contributed by atoms with Crippen LogP contribution in [0.15, 0.2) is 22.0 Å². The number of carbonyl (C=O) groups excluding carboxylic acids is 1. The second-order valence-electron chi connectivity index (χ2n) is 3.59. The molecule has 0 bridgehead atoms. The van der Waals surface area contributed by atoms with Crippen molar-refractivity contribution in [3.8, 4) is 0 Å². The van der Waals surface area contributed by atoms with Crippen LogP contribution in [-0.2, 0) is 4.79 Å². The fraction of sp³-hybridized carbons (Fsp3) is 0.417. The number of thiophene rings is 1. The third-order valence-corrected chi connectivity index (χ3v) is 3.80. The SMILES string of the molecule is CCCCN(C)C(=O)/C=C/c1ccc(Br)s1. The Balaban J connectivity index is 2.47. The number of halogens is 1. The normalized spacial score (nSPS) is 10.9. The molecule has 0 radical (unpaired) electrons. The third kappa shape index (κ3) is 4.49. The van der Waals surface area contributed by atoms with E-state index in [1.807, 2.05) is 25.3 Å². The van der Waals surface area contributed by atoms with E-state index in [0.717, 1.165) is 28.0 Å². The number of rotatable bonds is 5. The lowest BCUT2D eigenvalue weighted by Gasteiger charge is -2.13. The summed E-state index contributed by atoms with van der Waals surface area (Å²) < 4.78 is 1.08. The van der Waals surface area contributed by atoms with E-state index in [0.29, 0.717) is 0 Å². The van der Waals surface area contributed by atoms with Gasteiger partial charge in [0.2, 0.25) is 5.91 Å². The molecule has 2 nitrogen and oxygen atoms in total. The number of likely N-dealkylation sites (N-methyl/N-ethyl adjacent to an activating group) is 1. The van der Waals surface area contributed by atoms with E-state index in [2.05, 4.69) is 22.9 Å². The number of nitrogens with zero attached hydrogens (tertiary/aromatic N) is 1. The minimum Gasteiger partial charge on any atom is -0.342 e. The molecule has 0 spiro atoms. The molecule has 0 N–H and O–H groups in total. The van der Waals surface area contributed by atoms with Gasteiger partial charge in [0.05, 0.1) is 3.79 Å². The second kappa shape index (κ2) is 6.86. The van der Waals surface area contributed by atoms with Crippen LogP contribution in [0.1, 0.15) is 24.6 Å². The first kappa shape index (κ1) is 13.5. The number of hydrogen-bond acceptors (Lipinski definition) is 2. The Kier molecular flexibility index (Phi) is 5.77. The highest BCUT2D eigenvalue weighted by Gasteiger charge is 2.03. The lowest BCUT2D eigenvalue weighted by Crippen LogP contribution is -2.25. The maximum absolute atomic E-state index is 11.7. The molecule has 1 aromatic heterocycles. The summed E-state index contributed by atoms with van der Waals surface area (Å²) in [5.41, 5.74) is 0. The summed E-state index contributed by atoms with van der Waals surface area (Å²) in [7, 11) is 1.84. The Hall–Kier alpha value is -0.610. The van der Waals surface area contributed by atoms with Crippen molar-refractivity contribution in [2.45, 2.75) is 19.8 Å². The summed E-state index contributed by atoms with van der Waals surface area (Å²) in [6.45, 7) is 2.95. The molecule has 1 rings (SSSR count). The first-order valence-electron chi connectivity index (χ1n) is 5.32. The summed E-state index contributed by atoms with van der Waals surface area (Å²) in [5.74, 6) is 0.0676. The Morgan fingerprint density at radius 1 is 1.56 bits per heavy atom. The number of amides is 1. The van der Waals surface area contributed by atoms with Crippen molar-refractivity contribution in [2.24, 2.45) is 0 Å². The molecular formula is C12H16BrNOS. The van der Waals surface area contributed by atoms with Gasteiger partial charge >= 0.3 is 0 Å². The fourth-order valence-corrected chi connectivity index (χ4v) is 2.53. The van der Waals surface area contributed by atoms with E-state index in [1.165, 1.54) is 0 Å². The lowest BCUT2D eigenvalue weighted by molar-refractivity contribution is -0.124. The van der Waals surface area contributed by atoms with Crippen LogP contribution in [0.5, 0.6) is 0 Å². The summed E-state index contributed by atoms with van der Waals surface area (Å²) in [4.78, 5) is 14.5. The van der Waals surface area contributed by atoms with Gasteiger partial charge in [0, 0.05) is 24.5 Å². The predicted octanol–water partition coefficient (Wildman–Crippen LogP) is 3.78. The quantitative estimate of drug-likeness (QED) is 0.758. The Morgan fingerprint density at radius 3 is 2.88 bits per heavy atom. The van der Waals surface area contributed by atoms with Crippen LogP contribution < -0.4 is 0 Å². The topological polar surface area (TPSA) is 20.3 Å². The van der Waals surface area contributed by atoms with Crippen molar-refractivity contribution in [3.63, 3.8) is 0 Å². The fourth-order valence-electron chi connectivity index (χ4n) is 1.20. The highest BCUT2D eigenvalue weighted by molar-refractivity contribution is 9.11. The van der Waals surface area contributed by atoms with Crippen molar-refractivity contribution < 1.29 is 4.79 Å². The third-order valence-electron chi connectivity index (χ3n) is 2.21. The predicted molar refractivity (Wildman–Crippen MR) is 73.6 cm³/mol. The van der Waals surface area contributed by atoms with E-state index in [9.17, 15) is 4.79 Å². The first-order chi connectivity index (χ1) is 7.63. The molecule has 0 fully saturated rings. The van der Waals surface area contributed by atoms with Crippen LogP contribution in [0.3, 0.4) is 0 Å². The zero-order valence-electron chi connectivity index (χ0n) is 9.57. The van der Waals surface area contributed by atoms with Gasteiger partial charge in [-0.05, 0) is 40.6 Å². The van der Waals surface area contributed by atoms with Crippen LogP contribution in [0.2, 0.25) is 0 Å². The zero-order valence-corrected chi connectivity index (χ0v) is 12.0. The van der Waals surface area contributed by atoms with Crippen molar-refractivity contribution in [3.05, 3.63) is 26.9 Å². The minimum atomic E-state index is 0.0676. The van der Waals surface area contributed by atoms with Gasteiger partial charge in [-0.3, -0.25) is 4.79 Å². The van der Waals surface area contributed by atoms with Crippen molar-refractivity contribution in [1.82, 2.24) is 4.90 Å². The average molecular weight is 302 g/mol. The molecule has 0 aromatic carbocycles. The Labute approximate surface area is 109 Å². The highest BCUT2D eigenvalue weighted by atomic mass is 79.9. The van der Waals surface area contributed by atoms with Crippen LogP contribution in [0.4, 0.5) is 0 Å². The van der Waals surface area contributed by atoms with Gasteiger partial charge in [-0.15, -0.1) is 11.3 Å². The molecule has 1 aromatic rings. The van der Waals surface area contributed by atoms with Gasteiger partial charge in [0.1, 0.15) is 0 Å². The van der Waals surface area contributed by atoms with Gasteiger partial charge in [-0.2, -0.15) is 0 Å². The van der Waals surface area contributed by atoms with Gasteiger partial charge < -0.3 is 4.90 Å². The van der Waals surface area contributed by atoms with Gasteiger partial charge in [0.25, 0.3) is 0 Å². The highest BCUT2D eigenvalue weighted by Crippen LogP contribution is 2.22. The second-order valence-corrected chi connectivity index (χ2v) is 6.08. The summed E-state index contributed by atoms with van der Waals surface area (Å²) in [6, 6.07) is 3.97. The van der Waals surface area contributed by atoms with E-state index in [4.69, 9.17) is 0 Å². The smallest absolute Gasteiger partial charge is 0.246 e. The van der Waals surface area contributed by atoms with Crippen molar-refractivity contribution >= 4 is 39.2 Å². The van der Waals surface area contributed by atoms with Gasteiger partial charge in [-0.1, -0.05) is 13.3 Å². The number of unbranched alkanes of at least 4 members (excludes halogenated alkanes) is 1. The molecule has 88 valence electrons. The molecule has 0 unspecified atom stereocenters. The zero-order chi connectivity index (χ0) is 12.0. The largest absolute Gasteiger partial charge is 0.342 e. The molecule has 0 saturated carbocycles. The van der Waals surface area contributed by atoms with Crippen LogP contribution in [0.25, 0.3) is 6.08 Å². The molecule has 0 aliphatic carbocycles. The van der Waals surface area contributed by atoms with Gasteiger partial charge in [0.15, 0.2) is 0 Å². The minimum absolute atomic E-state index is 0.0676. The molecule has 0 aliphatic heterocycles. The molecular weight excluding hydrogens is 286 g/mol. The van der Waals surface area contributed by atoms with E-state index < -0.39 is 0 Å². The maximum Gasteiger partial charge on any atom is 0.246 e. The monoisotopic (exact) mass is 301 g/mol. The number of carbonyl (C=O) groups is 1.